The number of ether oxygens (including phenoxy) is 2. The van der Waals surface area contributed by atoms with Crippen LogP contribution in [-0.4, -0.2) is 59.6 Å². The van der Waals surface area contributed by atoms with E-state index in [1.165, 1.54) is 25.7 Å². The smallest absolute Gasteiger partial charge is 0.114 e. The SMILES string of the molecule is CCCCCC/C=C/CCCO[C@H]1CO[C@@H]([C@H](O)CO)[C@H]1O. The minimum atomic E-state index is -1.06. The second kappa shape index (κ2) is 12.0. The number of allylic oxidation sites excluding steroid dienone is 2. The minimum Gasteiger partial charge on any atom is -0.394 e. The van der Waals surface area contributed by atoms with Gasteiger partial charge in [-0.25, -0.2) is 0 Å². The van der Waals surface area contributed by atoms with E-state index in [0.29, 0.717) is 6.61 Å². The normalized spacial score (nSPS) is 26.8. The molecule has 0 aliphatic carbocycles. The molecule has 3 N–H and O–H groups in total. The van der Waals surface area contributed by atoms with Crippen LogP contribution in [0.5, 0.6) is 0 Å². The summed E-state index contributed by atoms with van der Waals surface area (Å²) in [5.74, 6) is 0. The van der Waals surface area contributed by atoms with Crippen molar-refractivity contribution in [2.24, 2.45) is 0 Å². The third kappa shape index (κ3) is 7.20. The quantitative estimate of drug-likeness (QED) is 0.378. The molecule has 130 valence electrons. The molecule has 1 heterocycles. The van der Waals surface area contributed by atoms with Crippen molar-refractivity contribution in [1.82, 2.24) is 0 Å². The Hall–Kier alpha value is -0.460. The van der Waals surface area contributed by atoms with Gasteiger partial charge in [-0.2, -0.15) is 0 Å². The van der Waals surface area contributed by atoms with Gasteiger partial charge in [-0.3, -0.25) is 0 Å². The Labute approximate surface area is 133 Å². The minimum absolute atomic E-state index is 0.260. The predicted octanol–water partition coefficient (Wildman–Crippen LogP) is 1.79. The van der Waals surface area contributed by atoms with Crippen LogP contribution in [0.1, 0.15) is 51.9 Å². The van der Waals surface area contributed by atoms with Gasteiger partial charge < -0.3 is 24.8 Å². The third-order valence-corrected chi connectivity index (χ3v) is 3.97. The Morgan fingerprint density at radius 1 is 1.18 bits per heavy atom. The highest BCUT2D eigenvalue weighted by molar-refractivity contribution is 4.89. The van der Waals surface area contributed by atoms with Gasteiger partial charge in [0.25, 0.3) is 0 Å². The Morgan fingerprint density at radius 3 is 2.59 bits per heavy atom. The lowest BCUT2D eigenvalue weighted by molar-refractivity contribution is -0.0729. The molecule has 0 saturated carbocycles. The zero-order valence-corrected chi connectivity index (χ0v) is 13.7. The second-order valence-electron chi connectivity index (χ2n) is 5.91. The highest BCUT2D eigenvalue weighted by Gasteiger charge is 2.40. The lowest BCUT2D eigenvalue weighted by atomic mass is 10.1. The summed E-state index contributed by atoms with van der Waals surface area (Å²) in [6.07, 6.45) is 9.52. The topological polar surface area (TPSA) is 79.2 Å². The van der Waals surface area contributed by atoms with E-state index in [1.807, 2.05) is 0 Å². The number of hydrogen-bond donors (Lipinski definition) is 3. The zero-order chi connectivity index (χ0) is 16.2. The van der Waals surface area contributed by atoms with Crippen LogP contribution < -0.4 is 0 Å². The van der Waals surface area contributed by atoms with E-state index in [4.69, 9.17) is 14.6 Å². The maximum Gasteiger partial charge on any atom is 0.114 e. The van der Waals surface area contributed by atoms with Gasteiger partial charge >= 0.3 is 0 Å². The molecule has 0 aromatic heterocycles. The van der Waals surface area contributed by atoms with Crippen molar-refractivity contribution >= 4 is 0 Å². The molecular weight excluding hydrogens is 284 g/mol. The highest BCUT2D eigenvalue weighted by Crippen LogP contribution is 2.20. The first kappa shape index (κ1) is 19.6. The molecular formula is C17H32O5. The van der Waals surface area contributed by atoms with Crippen molar-refractivity contribution in [3.8, 4) is 0 Å². The number of unbranched alkanes of at least 4 members (excludes halogenated alkanes) is 5. The monoisotopic (exact) mass is 316 g/mol. The zero-order valence-electron chi connectivity index (χ0n) is 13.7. The summed E-state index contributed by atoms with van der Waals surface area (Å²) in [6.45, 7) is 2.62. The Bertz CT molecular complexity index is 295. The van der Waals surface area contributed by atoms with Crippen LogP contribution >= 0.6 is 0 Å². The van der Waals surface area contributed by atoms with Crippen LogP contribution in [-0.2, 0) is 9.47 Å². The number of rotatable bonds is 12. The molecule has 4 atom stereocenters. The van der Waals surface area contributed by atoms with Crippen LogP contribution in [0.25, 0.3) is 0 Å². The van der Waals surface area contributed by atoms with E-state index >= 15 is 0 Å². The van der Waals surface area contributed by atoms with Crippen LogP contribution in [0.15, 0.2) is 12.2 Å². The summed E-state index contributed by atoms with van der Waals surface area (Å²) >= 11 is 0. The number of hydrogen-bond acceptors (Lipinski definition) is 5. The molecule has 1 rings (SSSR count). The van der Waals surface area contributed by atoms with Crippen molar-refractivity contribution in [3.63, 3.8) is 0 Å². The number of aliphatic hydroxyl groups is 3. The van der Waals surface area contributed by atoms with Gasteiger partial charge in [0.05, 0.1) is 13.2 Å². The summed E-state index contributed by atoms with van der Waals surface area (Å²) in [5.41, 5.74) is 0. The van der Waals surface area contributed by atoms with E-state index in [0.717, 1.165) is 19.3 Å². The molecule has 0 spiro atoms. The third-order valence-electron chi connectivity index (χ3n) is 3.97. The van der Waals surface area contributed by atoms with E-state index in [9.17, 15) is 10.2 Å². The first-order valence-electron chi connectivity index (χ1n) is 8.55. The Kier molecular flexibility index (Phi) is 10.7. The van der Waals surface area contributed by atoms with Crippen LogP contribution in [0.2, 0.25) is 0 Å². The van der Waals surface area contributed by atoms with Crippen molar-refractivity contribution in [2.75, 3.05) is 19.8 Å². The lowest BCUT2D eigenvalue weighted by Gasteiger charge is -2.20. The molecule has 1 fully saturated rings. The van der Waals surface area contributed by atoms with Gasteiger partial charge in [0.1, 0.15) is 24.4 Å². The standard InChI is InChI=1S/C17H32O5/c1-2-3-4-5-6-7-8-9-10-11-21-15-13-22-17(16(15)20)14(19)12-18/h7-8,14-20H,2-6,9-13H2,1H3/b8-7+/t14-,15+,16+,17+/m1/s1. The van der Waals surface area contributed by atoms with Gasteiger partial charge in [0.15, 0.2) is 0 Å². The van der Waals surface area contributed by atoms with Crippen molar-refractivity contribution in [3.05, 3.63) is 12.2 Å². The molecule has 0 amide bonds. The fraction of sp³-hybridized carbons (Fsp3) is 0.882. The molecule has 0 bridgehead atoms. The maximum atomic E-state index is 9.96. The molecule has 22 heavy (non-hydrogen) atoms. The average Bonchev–Trinajstić information content (AvgIpc) is 2.89. The van der Waals surface area contributed by atoms with E-state index in [-0.39, 0.29) is 6.61 Å². The summed E-state index contributed by atoms with van der Waals surface area (Å²) in [5, 5.41) is 28.3. The molecule has 1 aliphatic heterocycles. The first-order chi connectivity index (χ1) is 10.7. The predicted molar refractivity (Wildman–Crippen MR) is 85.7 cm³/mol. The summed E-state index contributed by atoms with van der Waals surface area (Å²) < 4.78 is 10.9. The van der Waals surface area contributed by atoms with Crippen molar-refractivity contribution in [2.45, 2.75) is 76.3 Å². The lowest BCUT2D eigenvalue weighted by Crippen LogP contribution is -2.41. The van der Waals surface area contributed by atoms with Gasteiger partial charge in [0, 0.05) is 6.61 Å². The molecule has 1 aliphatic rings. The van der Waals surface area contributed by atoms with E-state index in [1.54, 1.807) is 0 Å². The fourth-order valence-corrected chi connectivity index (χ4v) is 2.56. The maximum absolute atomic E-state index is 9.96. The van der Waals surface area contributed by atoms with Gasteiger partial charge in [-0.05, 0) is 25.7 Å². The average molecular weight is 316 g/mol. The largest absolute Gasteiger partial charge is 0.394 e. The molecule has 5 nitrogen and oxygen atoms in total. The van der Waals surface area contributed by atoms with Crippen LogP contribution in [0.3, 0.4) is 0 Å². The van der Waals surface area contributed by atoms with Crippen molar-refractivity contribution in [1.29, 1.82) is 0 Å². The van der Waals surface area contributed by atoms with Gasteiger partial charge in [-0.1, -0.05) is 38.3 Å². The molecule has 0 aromatic rings. The van der Waals surface area contributed by atoms with Gasteiger partial charge in [0.2, 0.25) is 0 Å². The molecule has 0 aromatic carbocycles. The summed E-state index contributed by atoms with van der Waals surface area (Å²) in [4.78, 5) is 0. The summed E-state index contributed by atoms with van der Waals surface area (Å²) in [6, 6.07) is 0. The van der Waals surface area contributed by atoms with E-state index < -0.39 is 31.0 Å². The highest BCUT2D eigenvalue weighted by atomic mass is 16.6. The molecule has 1 saturated heterocycles. The molecule has 5 heteroatoms. The first-order valence-corrected chi connectivity index (χ1v) is 8.55. The summed E-state index contributed by atoms with van der Waals surface area (Å²) in [7, 11) is 0. The Morgan fingerprint density at radius 2 is 1.91 bits per heavy atom. The number of aliphatic hydroxyl groups excluding tert-OH is 3. The van der Waals surface area contributed by atoms with Gasteiger partial charge in [-0.15, -0.1) is 0 Å². The second-order valence-corrected chi connectivity index (χ2v) is 5.91. The Balaban J connectivity index is 2.02. The molecule has 0 radical (unpaired) electrons. The fourth-order valence-electron chi connectivity index (χ4n) is 2.56. The van der Waals surface area contributed by atoms with Crippen LogP contribution in [0, 0.1) is 0 Å². The van der Waals surface area contributed by atoms with E-state index in [2.05, 4.69) is 19.1 Å². The van der Waals surface area contributed by atoms with Crippen LogP contribution in [0.4, 0.5) is 0 Å². The van der Waals surface area contributed by atoms with Crippen molar-refractivity contribution < 1.29 is 24.8 Å². The molecule has 0 unspecified atom stereocenters.